The Morgan fingerprint density at radius 3 is 2.07 bits per heavy atom. The predicted molar refractivity (Wildman–Crippen MR) is 114 cm³/mol. The van der Waals surface area contributed by atoms with Gasteiger partial charge in [0.1, 0.15) is 5.84 Å². The van der Waals surface area contributed by atoms with E-state index < -0.39 is 16.1 Å². The number of amides is 2. The van der Waals surface area contributed by atoms with Gasteiger partial charge in [-0.2, -0.15) is 0 Å². The van der Waals surface area contributed by atoms with Crippen LogP contribution in [0.25, 0.3) is 0 Å². The molecule has 0 saturated heterocycles. The smallest absolute Gasteiger partial charge is 0.323 e. The lowest BCUT2D eigenvalue weighted by Gasteiger charge is -2.10. The molecule has 0 aliphatic rings. The molecule has 29 heavy (non-hydrogen) atoms. The second kappa shape index (κ2) is 8.44. The molecule has 0 aromatic heterocycles. The minimum atomic E-state index is -3.73. The average molecular weight is 409 g/mol. The first kappa shape index (κ1) is 19.9. The molecule has 0 heterocycles. The molecule has 0 aliphatic heterocycles. The fourth-order valence-electron chi connectivity index (χ4n) is 2.50. The fourth-order valence-corrected chi connectivity index (χ4v) is 3.55. The monoisotopic (exact) mass is 409 g/mol. The van der Waals surface area contributed by atoms with Gasteiger partial charge in [-0.15, -0.1) is 0 Å². The number of nitrogen functional groups attached to an aromatic ring is 1. The van der Waals surface area contributed by atoms with Crippen molar-refractivity contribution in [1.82, 2.24) is 0 Å². The lowest BCUT2D eigenvalue weighted by atomic mass is 10.2. The topological polar surface area (TPSA) is 137 Å². The summed E-state index contributed by atoms with van der Waals surface area (Å²) in [6.45, 7) is 0. The van der Waals surface area contributed by atoms with Crippen LogP contribution in [0, 0.1) is 5.41 Å². The molecule has 0 atom stereocenters. The third kappa shape index (κ3) is 5.33. The Balaban J connectivity index is 1.65. The van der Waals surface area contributed by atoms with Crippen molar-refractivity contribution in [3.63, 3.8) is 0 Å². The van der Waals surface area contributed by atoms with Crippen LogP contribution in [0.3, 0.4) is 0 Å². The first-order valence-electron chi connectivity index (χ1n) is 8.54. The molecule has 148 valence electrons. The van der Waals surface area contributed by atoms with Crippen molar-refractivity contribution in [1.29, 1.82) is 5.41 Å². The number of rotatable bonds is 6. The molecule has 0 saturated carbocycles. The van der Waals surface area contributed by atoms with Crippen LogP contribution in [-0.2, 0) is 10.0 Å². The molecule has 3 aromatic rings. The standard InChI is InChI=1S/C20H19N5O3S/c21-19(22)14-5-4-8-17(13-14)24-20(26)23-15-9-11-18(12-10-15)29(27,28)25-16-6-2-1-3-7-16/h1-13,25H,(H3,21,22)(H2,23,24,26). The van der Waals surface area contributed by atoms with E-state index in [4.69, 9.17) is 11.1 Å². The van der Waals surface area contributed by atoms with Crippen LogP contribution in [0.1, 0.15) is 5.56 Å². The van der Waals surface area contributed by atoms with Gasteiger partial charge in [-0.05, 0) is 48.5 Å². The van der Waals surface area contributed by atoms with Crippen LogP contribution in [-0.4, -0.2) is 20.3 Å². The second-order valence-corrected chi connectivity index (χ2v) is 7.75. The molecule has 0 radical (unpaired) electrons. The molecule has 8 nitrogen and oxygen atoms in total. The number of nitrogens with two attached hydrogens (primary N) is 1. The van der Waals surface area contributed by atoms with Gasteiger partial charge in [0.25, 0.3) is 10.0 Å². The Morgan fingerprint density at radius 2 is 1.41 bits per heavy atom. The Bertz CT molecular complexity index is 1130. The van der Waals surface area contributed by atoms with E-state index in [1.807, 2.05) is 0 Å². The van der Waals surface area contributed by atoms with E-state index in [2.05, 4.69) is 15.4 Å². The van der Waals surface area contributed by atoms with Gasteiger partial charge in [0.2, 0.25) is 0 Å². The van der Waals surface area contributed by atoms with Gasteiger partial charge in [0.15, 0.2) is 0 Å². The molecule has 0 fully saturated rings. The van der Waals surface area contributed by atoms with Crippen LogP contribution < -0.4 is 21.1 Å². The molecular weight excluding hydrogens is 390 g/mol. The Kier molecular flexibility index (Phi) is 5.79. The van der Waals surface area contributed by atoms with Gasteiger partial charge in [-0.1, -0.05) is 30.3 Å². The molecule has 0 spiro atoms. The number of urea groups is 1. The zero-order valence-corrected chi connectivity index (χ0v) is 16.0. The highest BCUT2D eigenvalue weighted by atomic mass is 32.2. The van der Waals surface area contributed by atoms with Crippen molar-refractivity contribution in [2.75, 3.05) is 15.4 Å². The average Bonchev–Trinajstić information content (AvgIpc) is 2.69. The summed E-state index contributed by atoms with van der Waals surface area (Å²) < 4.78 is 27.3. The first-order chi connectivity index (χ1) is 13.8. The van der Waals surface area contributed by atoms with Crippen molar-refractivity contribution in [3.8, 4) is 0 Å². The Hall–Kier alpha value is -3.85. The van der Waals surface area contributed by atoms with Crippen LogP contribution in [0.5, 0.6) is 0 Å². The molecule has 0 bridgehead atoms. The summed E-state index contributed by atoms with van der Waals surface area (Å²) in [4.78, 5) is 12.2. The summed E-state index contributed by atoms with van der Waals surface area (Å²) in [5, 5.41) is 12.7. The maximum Gasteiger partial charge on any atom is 0.323 e. The minimum absolute atomic E-state index is 0.0708. The largest absolute Gasteiger partial charge is 0.384 e. The zero-order chi connectivity index (χ0) is 20.9. The van der Waals surface area contributed by atoms with E-state index in [9.17, 15) is 13.2 Å². The summed E-state index contributed by atoms with van der Waals surface area (Å²) >= 11 is 0. The van der Waals surface area contributed by atoms with Gasteiger partial charge in [0, 0.05) is 22.6 Å². The van der Waals surface area contributed by atoms with Gasteiger partial charge >= 0.3 is 6.03 Å². The molecule has 3 rings (SSSR count). The fraction of sp³-hybridized carbons (Fsp3) is 0. The van der Waals surface area contributed by atoms with Crippen molar-refractivity contribution < 1.29 is 13.2 Å². The highest BCUT2D eigenvalue weighted by Gasteiger charge is 2.14. The van der Waals surface area contributed by atoms with Crippen LogP contribution >= 0.6 is 0 Å². The van der Waals surface area contributed by atoms with Gasteiger partial charge < -0.3 is 16.4 Å². The molecule has 3 aromatic carbocycles. The van der Waals surface area contributed by atoms with E-state index in [1.165, 1.54) is 24.3 Å². The number of carbonyl (C=O) groups excluding carboxylic acids is 1. The van der Waals surface area contributed by atoms with Crippen LogP contribution in [0.4, 0.5) is 21.9 Å². The number of para-hydroxylation sites is 1. The quantitative estimate of drug-likeness (QED) is 0.315. The van der Waals surface area contributed by atoms with Gasteiger partial charge in [0.05, 0.1) is 4.90 Å². The lowest BCUT2D eigenvalue weighted by molar-refractivity contribution is 0.262. The number of sulfonamides is 1. The summed E-state index contributed by atoms with van der Waals surface area (Å²) in [7, 11) is -3.73. The number of hydrogen-bond donors (Lipinski definition) is 5. The van der Waals surface area contributed by atoms with E-state index in [0.717, 1.165) is 0 Å². The molecule has 9 heteroatoms. The number of hydrogen-bond acceptors (Lipinski definition) is 4. The maximum atomic E-state index is 12.4. The Labute approximate surface area is 168 Å². The summed E-state index contributed by atoms with van der Waals surface area (Å²) in [6.07, 6.45) is 0. The first-order valence-corrected chi connectivity index (χ1v) is 10.0. The van der Waals surface area contributed by atoms with Crippen LogP contribution in [0.2, 0.25) is 0 Å². The summed E-state index contributed by atoms with van der Waals surface area (Å²) in [5.74, 6) is -0.102. The molecular formula is C20H19N5O3S. The molecule has 6 N–H and O–H groups in total. The third-order valence-corrected chi connectivity index (χ3v) is 5.28. The Morgan fingerprint density at radius 1 is 0.793 bits per heavy atom. The van der Waals surface area contributed by atoms with Crippen LogP contribution in [0.15, 0.2) is 83.8 Å². The van der Waals surface area contributed by atoms with Crippen molar-refractivity contribution in [3.05, 3.63) is 84.4 Å². The van der Waals surface area contributed by atoms with E-state index in [0.29, 0.717) is 22.6 Å². The van der Waals surface area contributed by atoms with E-state index in [1.54, 1.807) is 54.6 Å². The van der Waals surface area contributed by atoms with Crippen molar-refractivity contribution in [2.24, 2.45) is 5.73 Å². The van der Waals surface area contributed by atoms with E-state index >= 15 is 0 Å². The second-order valence-electron chi connectivity index (χ2n) is 6.07. The van der Waals surface area contributed by atoms with Crippen molar-refractivity contribution >= 4 is 39.0 Å². The highest BCUT2D eigenvalue weighted by molar-refractivity contribution is 7.92. The molecule has 0 unspecified atom stereocenters. The van der Waals surface area contributed by atoms with E-state index in [-0.39, 0.29) is 10.7 Å². The number of anilines is 3. The SMILES string of the molecule is N=C(N)c1cccc(NC(=O)Nc2ccc(S(=O)(=O)Nc3ccccc3)cc2)c1. The number of benzene rings is 3. The normalized spacial score (nSPS) is 10.8. The third-order valence-electron chi connectivity index (χ3n) is 3.88. The predicted octanol–water partition coefficient (Wildman–Crippen LogP) is 3.42. The van der Waals surface area contributed by atoms with Gasteiger partial charge in [-0.3, -0.25) is 10.1 Å². The van der Waals surface area contributed by atoms with Gasteiger partial charge in [-0.25, -0.2) is 13.2 Å². The molecule has 2 amide bonds. The maximum absolute atomic E-state index is 12.4. The van der Waals surface area contributed by atoms with Crippen molar-refractivity contribution in [2.45, 2.75) is 4.90 Å². The number of amidine groups is 1. The lowest BCUT2D eigenvalue weighted by Crippen LogP contribution is -2.20. The number of carbonyl (C=O) groups is 1. The minimum Gasteiger partial charge on any atom is -0.384 e. The summed E-state index contributed by atoms with van der Waals surface area (Å²) in [5.41, 5.74) is 7.28. The zero-order valence-electron chi connectivity index (χ0n) is 15.2. The number of nitrogens with one attached hydrogen (secondary N) is 4. The summed E-state index contributed by atoms with van der Waals surface area (Å²) in [6, 6.07) is 20.4. The highest BCUT2D eigenvalue weighted by Crippen LogP contribution is 2.18. The molecule has 0 aliphatic carbocycles.